The number of likely N-dealkylation sites (tertiary alicyclic amines) is 1. The molecule has 2 aliphatic heterocycles. The third kappa shape index (κ3) is 1.26. The number of likely N-dealkylation sites (N-methyl/N-ethyl adjacent to an activating group) is 1. The van der Waals surface area contributed by atoms with E-state index in [1.165, 1.54) is 16.7 Å². The van der Waals surface area contributed by atoms with Gasteiger partial charge in [0.1, 0.15) is 0 Å². The third-order valence-corrected chi connectivity index (χ3v) is 6.03. The maximum absolute atomic E-state index is 12.6. The van der Waals surface area contributed by atoms with Crippen LogP contribution >= 0.6 is 0 Å². The molecule has 2 bridgehead atoms. The number of Topliss-reactive ketones (excluding diaryl/α,β-unsaturated/α-hetero) is 1. The highest BCUT2D eigenvalue weighted by molar-refractivity contribution is 5.92. The molecule has 2 heterocycles. The molecule has 3 atom stereocenters. The van der Waals surface area contributed by atoms with Crippen molar-refractivity contribution in [1.29, 1.82) is 0 Å². The predicted molar refractivity (Wildman–Crippen MR) is 81.5 cm³/mol. The Morgan fingerprint density at radius 3 is 3.09 bits per heavy atom. The lowest BCUT2D eigenvalue weighted by Crippen LogP contribution is -2.59. The highest BCUT2D eigenvalue weighted by Crippen LogP contribution is 2.61. The number of benzene rings is 1. The van der Waals surface area contributed by atoms with Gasteiger partial charge in [-0.15, -0.1) is 0 Å². The van der Waals surface area contributed by atoms with Gasteiger partial charge in [-0.2, -0.15) is 0 Å². The fraction of sp³-hybridized carbons (Fsp3) is 0.500. The molecule has 5 rings (SSSR count). The average molecular weight is 297 g/mol. The standard InChI is InChI=1S/C18H19NO3/c1-19-9-11-4-5-13(20)17-18(11)8-12(19)7-10-3-6-14(21-2)16(22-17)15(10)18/h3-4,6,12,17H,5,7-9H2,1-2H3/t12?,17-,18-/m0/s1. The summed E-state index contributed by atoms with van der Waals surface area (Å²) in [4.78, 5) is 15.0. The largest absolute Gasteiger partial charge is 0.493 e. The number of ether oxygens (including phenoxy) is 2. The van der Waals surface area contributed by atoms with Gasteiger partial charge >= 0.3 is 0 Å². The van der Waals surface area contributed by atoms with Gasteiger partial charge < -0.3 is 9.47 Å². The predicted octanol–water partition coefficient (Wildman–Crippen LogP) is 1.85. The minimum Gasteiger partial charge on any atom is -0.493 e. The SMILES string of the molecule is COc1ccc2c3c1O[C@H]1C(=O)CC=C4CN(C)C(C2)C[C@]431. The van der Waals surface area contributed by atoms with Gasteiger partial charge in [-0.3, -0.25) is 9.69 Å². The average Bonchev–Trinajstić information content (AvgIpc) is 2.88. The van der Waals surface area contributed by atoms with Crippen LogP contribution in [0.15, 0.2) is 23.8 Å². The molecule has 0 aromatic heterocycles. The van der Waals surface area contributed by atoms with Crippen LogP contribution in [0.5, 0.6) is 11.5 Å². The minimum absolute atomic E-state index is 0.207. The first-order valence-corrected chi connectivity index (χ1v) is 7.94. The number of hydrogen-bond donors (Lipinski definition) is 0. The molecule has 1 fully saturated rings. The van der Waals surface area contributed by atoms with Crippen LogP contribution < -0.4 is 9.47 Å². The maximum Gasteiger partial charge on any atom is 0.178 e. The summed E-state index contributed by atoms with van der Waals surface area (Å²) < 4.78 is 11.7. The monoisotopic (exact) mass is 297 g/mol. The van der Waals surface area contributed by atoms with E-state index in [1.54, 1.807) is 7.11 Å². The molecule has 1 aromatic carbocycles. The summed E-state index contributed by atoms with van der Waals surface area (Å²) in [6.07, 6.45) is 4.31. The second-order valence-corrected chi connectivity index (χ2v) is 6.98. The normalized spacial score (nSPS) is 34.8. The molecule has 0 amide bonds. The topological polar surface area (TPSA) is 38.8 Å². The molecule has 22 heavy (non-hydrogen) atoms. The Kier molecular flexibility index (Phi) is 2.27. The number of hydrogen-bond acceptors (Lipinski definition) is 4. The van der Waals surface area contributed by atoms with Crippen LogP contribution in [-0.2, 0) is 16.6 Å². The highest BCUT2D eigenvalue weighted by Gasteiger charge is 2.62. The zero-order valence-corrected chi connectivity index (χ0v) is 12.9. The Bertz CT molecular complexity index is 738. The minimum atomic E-state index is -0.353. The first-order valence-electron chi connectivity index (χ1n) is 7.94. The summed E-state index contributed by atoms with van der Waals surface area (Å²) in [5.41, 5.74) is 3.69. The summed E-state index contributed by atoms with van der Waals surface area (Å²) >= 11 is 0. The lowest BCUT2D eigenvalue weighted by atomic mass is 9.57. The Balaban J connectivity index is 1.85. The van der Waals surface area contributed by atoms with Gasteiger partial charge in [-0.05, 0) is 37.1 Å². The second-order valence-electron chi connectivity index (χ2n) is 6.98. The summed E-state index contributed by atoms with van der Waals surface area (Å²) in [6, 6.07) is 4.63. The van der Waals surface area contributed by atoms with Crippen LogP contribution in [0.2, 0.25) is 0 Å². The molecule has 0 saturated carbocycles. The Hall–Kier alpha value is -1.81. The van der Waals surface area contributed by atoms with E-state index in [1.807, 2.05) is 6.07 Å². The third-order valence-electron chi connectivity index (χ3n) is 6.03. The summed E-state index contributed by atoms with van der Waals surface area (Å²) in [5.74, 6) is 1.78. The number of methoxy groups -OCH3 is 1. The van der Waals surface area contributed by atoms with Gasteiger partial charge in [0.25, 0.3) is 0 Å². The van der Waals surface area contributed by atoms with Crippen molar-refractivity contribution in [3.63, 3.8) is 0 Å². The van der Waals surface area contributed by atoms with E-state index in [0.29, 0.717) is 12.5 Å². The smallest absolute Gasteiger partial charge is 0.178 e. The van der Waals surface area contributed by atoms with Crippen molar-refractivity contribution in [3.8, 4) is 11.5 Å². The molecular weight excluding hydrogens is 278 g/mol. The summed E-state index contributed by atoms with van der Waals surface area (Å²) in [7, 11) is 3.86. The zero-order valence-electron chi connectivity index (χ0n) is 12.9. The molecule has 4 aliphatic rings. The van der Waals surface area contributed by atoms with Crippen LogP contribution in [-0.4, -0.2) is 43.5 Å². The van der Waals surface area contributed by atoms with Crippen molar-refractivity contribution < 1.29 is 14.3 Å². The molecule has 0 N–H and O–H groups in total. The van der Waals surface area contributed by atoms with Gasteiger partial charge in [0, 0.05) is 24.6 Å². The number of allylic oxidation sites excluding steroid dienone is 1. The van der Waals surface area contributed by atoms with Crippen molar-refractivity contribution in [3.05, 3.63) is 34.9 Å². The molecule has 1 unspecified atom stereocenters. The Morgan fingerprint density at radius 2 is 2.27 bits per heavy atom. The molecule has 1 aromatic rings. The van der Waals surface area contributed by atoms with Crippen LogP contribution in [0, 0.1) is 0 Å². The maximum atomic E-state index is 12.6. The van der Waals surface area contributed by atoms with E-state index in [2.05, 4.69) is 24.1 Å². The number of carbonyl (C=O) groups is 1. The zero-order chi connectivity index (χ0) is 15.1. The van der Waals surface area contributed by atoms with Gasteiger partial charge in [-0.1, -0.05) is 12.1 Å². The number of carbonyl (C=O) groups excluding carboxylic acids is 1. The number of piperidine rings is 1. The number of ketones is 1. The quantitative estimate of drug-likeness (QED) is 0.742. The fourth-order valence-electron chi connectivity index (χ4n) is 5.03. The molecule has 114 valence electrons. The number of nitrogens with zero attached hydrogens (tertiary/aromatic N) is 1. The highest BCUT2D eigenvalue weighted by atomic mass is 16.5. The van der Waals surface area contributed by atoms with E-state index in [-0.39, 0.29) is 17.3 Å². The molecule has 4 nitrogen and oxygen atoms in total. The summed E-state index contributed by atoms with van der Waals surface area (Å²) in [6.45, 7) is 0.938. The second kappa shape index (κ2) is 3.93. The number of rotatable bonds is 1. The van der Waals surface area contributed by atoms with Gasteiger partial charge in [0.2, 0.25) is 0 Å². The van der Waals surface area contributed by atoms with E-state index < -0.39 is 0 Å². The van der Waals surface area contributed by atoms with Crippen LogP contribution in [0.25, 0.3) is 0 Å². The van der Waals surface area contributed by atoms with E-state index in [9.17, 15) is 4.79 Å². The molecule has 1 saturated heterocycles. The lowest BCUT2D eigenvalue weighted by Gasteiger charge is -2.52. The van der Waals surface area contributed by atoms with E-state index >= 15 is 0 Å². The van der Waals surface area contributed by atoms with Crippen molar-refractivity contribution in [2.75, 3.05) is 20.7 Å². The van der Waals surface area contributed by atoms with Gasteiger partial charge in [0.05, 0.1) is 12.5 Å². The first-order chi connectivity index (χ1) is 10.6. The molecule has 1 spiro atoms. The molecule has 0 radical (unpaired) electrons. The van der Waals surface area contributed by atoms with Crippen LogP contribution in [0.1, 0.15) is 24.0 Å². The van der Waals surface area contributed by atoms with Crippen molar-refractivity contribution in [1.82, 2.24) is 4.90 Å². The Labute approximate surface area is 129 Å². The molecule has 2 aliphatic carbocycles. The van der Waals surface area contributed by atoms with Gasteiger partial charge in [0.15, 0.2) is 23.4 Å². The van der Waals surface area contributed by atoms with E-state index in [4.69, 9.17) is 9.47 Å². The van der Waals surface area contributed by atoms with Crippen molar-refractivity contribution in [2.24, 2.45) is 0 Å². The summed E-state index contributed by atoms with van der Waals surface area (Å²) in [5, 5.41) is 0. The lowest BCUT2D eigenvalue weighted by molar-refractivity contribution is -0.128. The van der Waals surface area contributed by atoms with Crippen molar-refractivity contribution in [2.45, 2.75) is 36.8 Å². The fourth-order valence-corrected chi connectivity index (χ4v) is 5.03. The molecular formula is C18H19NO3. The number of fused-ring (bicyclic) bond motifs is 1. The Morgan fingerprint density at radius 1 is 1.41 bits per heavy atom. The molecule has 4 heteroatoms. The van der Waals surface area contributed by atoms with Crippen molar-refractivity contribution >= 4 is 5.78 Å². The van der Waals surface area contributed by atoms with Gasteiger partial charge in [-0.25, -0.2) is 0 Å². The van der Waals surface area contributed by atoms with E-state index in [0.717, 1.165) is 30.9 Å². The van der Waals surface area contributed by atoms with Crippen LogP contribution in [0.3, 0.4) is 0 Å². The first kappa shape index (κ1) is 12.7. The van der Waals surface area contributed by atoms with Crippen LogP contribution in [0.4, 0.5) is 0 Å².